The van der Waals surface area contributed by atoms with Gasteiger partial charge in [-0.05, 0) is 67.7 Å². The SMILES string of the molecule is [2H]C([2H])(C1CCOCC1)N1C[C@H]2CC(Nc3nnc(-c4cc(F)ccc4F)cc3C(F)F)C[C@H]2C1. The molecule has 0 bridgehead atoms. The van der Waals surface area contributed by atoms with Crippen LogP contribution in [-0.4, -0.2) is 53.9 Å². The summed E-state index contributed by atoms with van der Waals surface area (Å²) in [6.07, 6.45) is -0.00141. The van der Waals surface area contributed by atoms with E-state index < -0.39 is 30.1 Å². The summed E-state index contributed by atoms with van der Waals surface area (Å²) in [5.41, 5.74) is -0.787. The topological polar surface area (TPSA) is 50.3 Å². The number of hydrogen-bond acceptors (Lipinski definition) is 5. The van der Waals surface area contributed by atoms with Gasteiger partial charge in [0.1, 0.15) is 11.6 Å². The second kappa shape index (κ2) is 9.54. The zero-order chi connectivity index (χ0) is 24.7. The number of anilines is 1. The van der Waals surface area contributed by atoms with Crippen molar-refractivity contribution < 1.29 is 25.0 Å². The molecule has 1 unspecified atom stereocenters. The van der Waals surface area contributed by atoms with Crippen LogP contribution in [0.4, 0.5) is 23.4 Å². The molecule has 1 aromatic carbocycles. The summed E-state index contributed by atoms with van der Waals surface area (Å²) in [6, 6.07) is 3.74. The van der Waals surface area contributed by atoms with E-state index in [1.54, 1.807) is 0 Å². The molecule has 0 radical (unpaired) electrons. The molecule has 0 spiro atoms. The lowest BCUT2D eigenvalue weighted by Crippen LogP contribution is -2.32. The first-order valence-electron chi connectivity index (χ1n) is 12.4. The van der Waals surface area contributed by atoms with Crippen LogP contribution in [0.1, 0.15) is 40.4 Å². The third-order valence-electron chi connectivity index (χ3n) is 6.94. The maximum absolute atomic E-state index is 14.1. The van der Waals surface area contributed by atoms with Crippen LogP contribution in [0.5, 0.6) is 0 Å². The van der Waals surface area contributed by atoms with Crippen molar-refractivity contribution in [3.63, 3.8) is 0 Å². The minimum Gasteiger partial charge on any atom is -0.381 e. The van der Waals surface area contributed by atoms with Crippen LogP contribution in [0.25, 0.3) is 11.3 Å². The molecule has 1 saturated carbocycles. The molecule has 2 aliphatic heterocycles. The van der Waals surface area contributed by atoms with Gasteiger partial charge in [-0.1, -0.05) is 0 Å². The number of benzene rings is 1. The fourth-order valence-corrected chi connectivity index (χ4v) is 5.31. The molecular formula is C24H28F4N4O. The van der Waals surface area contributed by atoms with Crippen molar-refractivity contribution in [3.8, 4) is 11.3 Å². The van der Waals surface area contributed by atoms with Gasteiger partial charge in [-0.3, -0.25) is 0 Å². The van der Waals surface area contributed by atoms with E-state index in [2.05, 4.69) is 15.5 Å². The maximum Gasteiger partial charge on any atom is 0.267 e. The monoisotopic (exact) mass is 466 g/mol. The quantitative estimate of drug-likeness (QED) is 0.614. The molecule has 33 heavy (non-hydrogen) atoms. The van der Waals surface area contributed by atoms with Crippen molar-refractivity contribution in [3.05, 3.63) is 41.5 Å². The molecule has 3 heterocycles. The summed E-state index contributed by atoms with van der Waals surface area (Å²) >= 11 is 0. The van der Waals surface area contributed by atoms with Crippen LogP contribution in [0.3, 0.4) is 0 Å². The molecule has 2 saturated heterocycles. The van der Waals surface area contributed by atoms with Crippen molar-refractivity contribution in [2.24, 2.45) is 17.8 Å². The minimum atomic E-state index is -2.87. The van der Waals surface area contributed by atoms with Crippen molar-refractivity contribution in [1.29, 1.82) is 0 Å². The number of nitrogens with zero attached hydrogens (tertiary/aromatic N) is 3. The van der Waals surface area contributed by atoms with Crippen molar-refractivity contribution in [2.75, 3.05) is 38.1 Å². The van der Waals surface area contributed by atoms with Gasteiger partial charge < -0.3 is 15.0 Å². The van der Waals surface area contributed by atoms with Gasteiger partial charge in [-0.2, -0.15) is 0 Å². The molecule has 178 valence electrons. The fraction of sp³-hybridized carbons (Fsp3) is 0.583. The number of nitrogens with one attached hydrogen (secondary N) is 1. The maximum atomic E-state index is 14.1. The van der Waals surface area contributed by atoms with Gasteiger partial charge in [-0.15, -0.1) is 10.2 Å². The van der Waals surface area contributed by atoms with Gasteiger partial charge in [0.2, 0.25) is 0 Å². The molecule has 9 heteroatoms. The molecule has 5 rings (SSSR count). The molecule has 0 amide bonds. The van der Waals surface area contributed by atoms with E-state index in [4.69, 9.17) is 7.48 Å². The summed E-state index contributed by atoms with van der Waals surface area (Å²) in [6.45, 7) is 1.08. The predicted molar refractivity (Wildman–Crippen MR) is 116 cm³/mol. The van der Waals surface area contributed by atoms with Gasteiger partial charge in [0.25, 0.3) is 6.43 Å². The second-order valence-electron chi connectivity index (χ2n) is 9.21. The molecule has 3 atom stereocenters. The number of halogens is 4. The van der Waals surface area contributed by atoms with Gasteiger partial charge >= 0.3 is 0 Å². The lowest BCUT2D eigenvalue weighted by atomic mass is 10.00. The fourth-order valence-electron chi connectivity index (χ4n) is 5.31. The van der Waals surface area contributed by atoms with E-state index in [0.717, 1.165) is 37.1 Å². The Bertz CT molecular complexity index is 1060. The molecule has 1 N–H and O–H groups in total. The smallest absolute Gasteiger partial charge is 0.267 e. The normalized spacial score (nSPS) is 27.5. The second-order valence-corrected chi connectivity index (χ2v) is 9.21. The molecule has 3 fully saturated rings. The van der Waals surface area contributed by atoms with E-state index in [9.17, 15) is 17.6 Å². The van der Waals surface area contributed by atoms with Crippen LogP contribution in [0.2, 0.25) is 0 Å². The first kappa shape index (κ1) is 20.1. The van der Waals surface area contributed by atoms with Crippen molar-refractivity contribution in [2.45, 2.75) is 38.2 Å². The Morgan fingerprint density at radius 3 is 2.52 bits per heavy atom. The summed E-state index contributed by atoms with van der Waals surface area (Å²) in [7, 11) is 0. The van der Waals surface area contributed by atoms with Gasteiger partial charge in [0.05, 0.1) is 11.3 Å². The van der Waals surface area contributed by atoms with Gasteiger partial charge in [0, 0.05) is 47.1 Å². The van der Waals surface area contributed by atoms with Crippen LogP contribution >= 0.6 is 0 Å². The van der Waals surface area contributed by atoms with Gasteiger partial charge in [-0.25, -0.2) is 17.6 Å². The third-order valence-corrected chi connectivity index (χ3v) is 6.94. The summed E-state index contributed by atoms with van der Waals surface area (Å²) in [4.78, 5) is 1.95. The van der Waals surface area contributed by atoms with Gasteiger partial charge in [0.15, 0.2) is 5.82 Å². The third kappa shape index (κ3) is 4.99. The lowest BCUT2D eigenvalue weighted by molar-refractivity contribution is 0.0545. The molecule has 1 aromatic heterocycles. The number of fused-ring (bicyclic) bond motifs is 1. The predicted octanol–water partition coefficient (Wildman–Crippen LogP) is 4.91. The molecule has 3 aliphatic rings. The number of rotatable bonds is 6. The molecule has 1 aliphatic carbocycles. The zero-order valence-electron chi connectivity index (χ0n) is 20.1. The van der Waals surface area contributed by atoms with Crippen molar-refractivity contribution >= 4 is 5.82 Å². The molecular weight excluding hydrogens is 436 g/mol. The van der Waals surface area contributed by atoms with Crippen LogP contribution in [0.15, 0.2) is 24.3 Å². The Labute approximate surface area is 193 Å². The van der Waals surface area contributed by atoms with Crippen molar-refractivity contribution in [1.82, 2.24) is 15.1 Å². The highest BCUT2D eigenvalue weighted by atomic mass is 19.3. The van der Waals surface area contributed by atoms with Crippen LogP contribution < -0.4 is 5.32 Å². The summed E-state index contributed by atoms with van der Waals surface area (Å²) in [5, 5.41) is 10.9. The van der Waals surface area contributed by atoms with Crippen LogP contribution in [-0.2, 0) is 4.74 Å². The highest BCUT2D eigenvalue weighted by Gasteiger charge is 2.41. The number of ether oxygens (including phenoxy) is 1. The van der Waals surface area contributed by atoms with E-state index in [0.29, 0.717) is 39.1 Å². The average Bonchev–Trinajstić information content (AvgIpc) is 3.41. The number of alkyl halides is 2. The Hall–Kier alpha value is -2.26. The Balaban J connectivity index is 1.26. The van der Waals surface area contributed by atoms with E-state index in [1.165, 1.54) is 0 Å². The lowest BCUT2D eigenvalue weighted by Gasteiger charge is -2.28. The highest BCUT2D eigenvalue weighted by Crippen LogP contribution is 2.40. The number of aromatic nitrogens is 2. The first-order chi connectivity index (χ1) is 16.7. The van der Waals surface area contributed by atoms with Crippen LogP contribution in [0, 0.1) is 29.4 Å². The summed E-state index contributed by atoms with van der Waals surface area (Å²) in [5.74, 6) is -1.03. The summed E-state index contributed by atoms with van der Waals surface area (Å²) < 4.78 is 78.1. The molecule has 2 aromatic rings. The average molecular weight is 467 g/mol. The number of hydrogen-bond donors (Lipinski definition) is 1. The minimum absolute atomic E-state index is 0.0469. The molecule has 5 nitrogen and oxygen atoms in total. The largest absolute Gasteiger partial charge is 0.381 e. The Morgan fingerprint density at radius 2 is 1.82 bits per heavy atom. The number of likely N-dealkylation sites (tertiary alicyclic amines) is 1. The van der Waals surface area contributed by atoms with E-state index >= 15 is 0 Å². The highest BCUT2D eigenvalue weighted by molar-refractivity contribution is 5.63. The van der Waals surface area contributed by atoms with E-state index in [1.807, 2.05) is 4.90 Å². The Kier molecular flexibility index (Phi) is 5.82. The van der Waals surface area contributed by atoms with E-state index in [-0.39, 0.29) is 40.9 Å². The zero-order valence-corrected chi connectivity index (χ0v) is 18.1. The standard InChI is InChI=1S/C24H28F4N4O/c25-17-1-2-21(26)19(9-17)22-10-20(23(27)28)24(31-30-22)29-18-7-15-12-32(13-16(15)8-18)11-14-3-5-33-6-4-14/h1-2,9-10,14-16,18,23H,3-8,11-13H2,(H,29,31)/t15-,16+,18?/i11D2. The Morgan fingerprint density at radius 1 is 1.09 bits per heavy atom. The first-order valence-corrected chi connectivity index (χ1v) is 11.4.